The molecule has 0 bridgehead atoms. The molecule has 152 valence electrons. The van der Waals surface area contributed by atoms with Crippen molar-refractivity contribution < 1.29 is 9.13 Å². The summed E-state index contributed by atoms with van der Waals surface area (Å²) in [7, 11) is 0. The topological polar surface area (TPSA) is 66.7 Å². The summed E-state index contributed by atoms with van der Waals surface area (Å²) in [6.45, 7) is 9.69. The third-order valence-corrected chi connectivity index (χ3v) is 4.79. The first-order valence-electron chi connectivity index (χ1n) is 9.78. The minimum atomic E-state index is -0.287. The fraction of sp³-hybridized carbons (Fsp3) is 0.500. The Labute approximate surface area is 165 Å². The van der Waals surface area contributed by atoms with Gasteiger partial charge >= 0.3 is 0 Å². The van der Waals surface area contributed by atoms with Gasteiger partial charge in [-0.05, 0) is 31.5 Å². The van der Waals surface area contributed by atoms with Crippen LogP contribution >= 0.6 is 0 Å². The lowest BCUT2D eigenvalue weighted by molar-refractivity contribution is 0.0211. The van der Waals surface area contributed by atoms with Gasteiger partial charge in [-0.3, -0.25) is 4.90 Å². The number of benzene rings is 1. The number of hydrogen-bond acceptors (Lipinski definition) is 4. The number of aromatic nitrogens is 2. The van der Waals surface area contributed by atoms with E-state index in [-0.39, 0.29) is 5.82 Å². The largest absolute Gasteiger partial charge is 0.379 e. The number of ether oxygens (including phenoxy) is 1. The molecule has 1 aromatic carbocycles. The zero-order valence-corrected chi connectivity index (χ0v) is 16.6. The quantitative estimate of drug-likeness (QED) is 0.559. The first-order valence-corrected chi connectivity index (χ1v) is 9.78. The van der Waals surface area contributed by atoms with Crippen molar-refractivity contribution in [2.75, 3.05) is 39.4 Å². The highest BCUT2D eigenvalue weighted by atomic mass is 19.1. The fourth-order valence-corrected chi connectivity index (χ4v) is 3.16. The smallest absolute Gasteiger partial charge is 0.191 e. The predicted molar refractivity (Wildman–Crippen MR) is 108 cm³/mol. The molecule has 1 aliphatic rings. The molecule has 1 fully saturated rings. The van der Waals surface area contributed by atoms with Crippen LogP contribution < -0.4 is 10.6 Å². The molecule has 2 aromatic rings. The maximum atomic E-state index is 14.4. The van der Waals surface area contributed by atoms with E-state index in [1.807, 2.05) is 13.0 Å². The molecule has 1 atom stereocenters. The number of morpholine rings is 1. The van der Waals surface area contributed by atoms with Gasteiger partial charge in [0, 0.05) is 44.6 Å². The summed E-state index contributed by atoms with van der Waals surface area (Å²) in [4.78, 5) is 11.0. The van der Waals surface area contributed by atoms with E-state index in [1.165, 1.54) is 6.07 Å². The molecule has 0 aliphatic carbocycles. The minimum Gasteiger partial charge on any atom is -0.379 e. The van der Waals surface area contributed by atoms with Crippen LogP contribution in [0.15, 0.2) is 41.9 Å². The summed E-state index contributed by atoms with van der Waals surface area (Å²) in [6, 6.07) is 5.56. The molecule has 28 heavy (non-hydrogen) atoms. The van der Waals surface area contributed by atoms with Gasteiger partial charge in [0.1, 0.15) is 5.82 Å². The van der Waals surface area contributed by atoms with E-state index in [0.29, 0.717) is 18.3 Å². The number of guanidine groups is 1. The average Bonchev–Trinajstić information content (AvgIpc) is 3.25. The molecule has 2 heterocycles. The van der Waals surface area contributed by atoms with Crippen molar-refractivity contribution in [3.05, 3.63) is 48.3 Å². The fourth-order valence-electron chi connectivity index (χ4n) is 3.16. The van der Waals surface area contributed by atoms with Crippen LogP contribution in [-0.4, -0.2) is 65.8 Å². The lowest BCUT2D eigenvalue weighted by Crippen LogP contribution is -2.49. The Morgan fingerprint density at radius 2 is 2.14 bits per heavy atom. The van der Waals surface area contributed by atoms with E-state index in [0.717, 1.165) is 50.9 Å². The highest BCUT2D eigenvalue weighted by Gasteiger charge is 2.17. The van der Waals surface area contributed by atoms with E-state index in [9.17, 15) is 4.39 Å². The van der Waals surface area contributed by atoms with Crippen molar-refractivity contribution in [1.82, 2.24) is 25.1 Å². The Morgan fingerprint density at radius 3 is 2.82 bits per heavy atom. The van der Waals surface area contributed by atoms with Gasteiger partial charge in [0.2, 0.25) is 0 Å². The van der Waals surface area contributed by atoms with Crippen molar-refractivity contribution in [2.24, 2.45) is 4.99 Å². The van der Waals surface area contributed by atoms with Gasteiger partial charge in [0.25, 0.3) is 0 Å². The molecule has 0 radical (unpaired) electrons. The summed E-state index contributed by atoms with van der Waals surface area (Å²) >= 11 is 0. The zero-order chi connectivity index (χ0) is 19.8. The number of imidazole rings is 1. The number of nitrogens with zero attached hydrogens (tertiary/aromatic N) is 4. The minimum absolute atomic E-state index is 0.287. The number of rotatable bonds is 7. The standard InChI is InChI=1S/C20H29FN6O/c1-3-23-20(24-13-16(2)26-8-10-28-11-9-26)25-14-17-4-5-19(18(21)12-17)27-7-6-22-15-27/h4-7,12,15-16H,3,8-11,13-14H2,1-2H3,(H2,23,24,25). The van der Waals surface area contributed by atoms with Gasteiger partial charge in [0.15, 0.2) is 5.96 Å². The SMILES string of the molecule is CCNC(=NCc1ccc(-n2ccnc2)c(F)c1)NCC(C)N1CCOCC1. The van der Waals surface area contributed by atoms with Crippen LogP contribution in [0.25, 0.3) is 5.69 Å². The summed E-state index contributed by atoms with van der Waals surface area (Å²) in [5, 5.41) is 6.64. The van der Waals surface area contributed by atoms with Crippen LogP contribution in [-0.2, 0) is 11.3 Å². The first-order chi connectivity index (χ1) is 13.7. The van der Waals surface area contributed by atoms with Gasteiger partial charge in [-0.2, -0.15) is 0 Å². The Kier molecular flexibility index (Phi) is 7.39. The summed E-state index contributed by atoms with van der Waals surface area (Å²) < 4.78 is 21.5. The highest BCUT2D eigenvalue weighted by Crippen LogP contribution is 2.15. The van der Waals surface area contributed by atoms with E-state index in [1.54, 1.807) is 29.4 Å². The van der Waals surface area contributed by atoms with Crippen LogP contribution in [0.2, 0.25) is 0 Å². The maximum Gasteiger partial charge on any atom is 0.191 e. The maximum absolute atomic E-state index is 14.4. The molecule has 1 saturated heterocycles. The first kappa shape index (κ1) is 20.3. The van der Waals surface area contributed by atoms with Crippen LogP contribution in [0.3, 0.4) is 0 Å². The van der Waals surface area contributed by atoms with Crippen LogP contribution in [0.5, 0.6) is 0 Å². The Morgan fingerprint density at radius 1 is 1.32 bits per heavy atom. The summed E-state index contributed by atoms with van der Waals surface area (Å²) in [6.07, 6.45) is 4.93. The lowest BCUT2D eigenvalue weighted by Gasteiger charge is -2.32. The predicted octanol–water partition coefficient (Wildman–Crippen LogP) is 1.79. The molecule has 0 saturated carbocycles. The molecule has 1 aromatic heterocycles. The second-order valence-electron chi connectivity index (χ2n) is 6.83. The number of nitrogens with one attached hydrogen (secondary N) is 2. The molecule has 1 unspecified atom stereocenters. The van der Waals surface area contributed by atoms with Crippen molar-refractivity contribution in [3.63, 3.8) is 0 Å². The second kappa shape index (κ2) is 10.2. The van der Waals surface area contributed by atoms with Crippen LogP contribution in [0.4, 0.5) is 4.39 Å². The van der Waals surface area contributed by atoms with Crippen molar-refractivity contribution >= 4 is 5.96 Å². The van der Waals surface area contributed by atoms with Crippen molar-refractivity contribution in [2.45, 2.75) is 26.4 Å². The van der Waals surface area contributed by atoms with Crippen LogP contribution in [0, 0.1) is 5.82 Å². The Balaban J connectivity index is 1.58. The van der Waals surface area contributed by atoms with Gasteiger partial charge in [-0.15, -0.1) is 0 Å². The highest BCUT2D eigenvalue weighted by molar-refractivity contribution is 5.79. The molecule has 8 heteroatoms. The number of aliphatic imine (C=N–C) groups is 1. The lowest BCUT2D eigenvalue weighted by atomic mass is 10.2. The van der Waals surface area contributed by atoms with E-state index in [2.05, 4.69) is 32.4 Å². The monoisotopic (exact) mass is 388 g/mol. The van der Waals surface area contributed by atoms with Crippen LogP contribution in [0.1, 0.15) is 19.4 Å². The van der Waals surface area contributed by atoms with E-state index >= 15 is 0 Å². The van der Waals surface area contributed by atoms with Gasteiger partial charge in [0.05, 0.1) is 31.8 Å². The third kappa shape index (κ3) is 5.53. The number of halogens is 1. The molecular weight excluding hydrogens is 359 g/mol. The molecular formula is C20H29FN6O. The van der Waals surface area contributed by atoms with Gasteiger partial charge < -0.3 is 19.9 Å². The summed E-state index contributed by atoms with van der Waals surface area (Å²) in [5.74, 6) is 0.450. The zero-order valence-electron chi connectivity index (χ0n) is 16.6. The van der Waals surface area contributed by atoms with E-state index in [4.69, 9.17) is 4.74 Å². The molecule has 1 aliphatic heterocycles. The average molecular weight is 388 g/mol. The van der Waals surface area contributed by atoms with Gasteiger partial charge in [-0.25, -0.2) is 14.4 Å². The Bertz CT molecular complexity index is 758. The van der Waals surface area contributed by atoms with E-state index < -0.39 is 0 Å². The molecule has 0 amide bonds. The second-order valence-corrected chi connectivity index (χ2v) is 6.83. The van der Waals surface area contributed by atoms with Gasteiger partial charge in [-0.1, -0.05) is 6.07 Å². The number of hydrogen-bond donors (Lipinski definition) is 2. The Hall–Kier alpha value is -2.45. The van der Waals surface area contributed by atoms with Crippen molar-refractivity contribution in [3.8, 4) is 5.69 Å². The van der Waals surface area contributed by atoms with Crippen molar-refractivity contribution in [1.29, 1.82) is 0 Å². The third-order valence-electron chi connectivity index (χ3n) is 4.79. The summed E-state index contributed by atoms with van der Waals surface area (Å²) in [5.41, 5.74) is 1.30. The molecule has 3 rings (SSSR count). The normalized spacial score (nSPS) is 16.8. The molecule has 0 spiro atoms. The molecule has 7 nitrogen and oxygen atoms in total. The molecule has 2 N–H and O–H groups in total.